The van der Waals surface area contributed by atoms with E-state index >= 15 is 0 Å². The molecule has 3 nitrogen and oxygen atoms in total. The molecule has 2 atom stereocenters. The van der Waals surface area contributed by atoms with Crippen molar-refractivity contribution in [1.29, 1.82) is 0 Å². The van der Waals surface area contributed by atoms with Gasteiger partial charge in [-0.2, -0.15) is 0 Å². The predicted octanol–water partition coefficient (Wildman–Crippen LogP) is 3.32. The normalized spacial score (nSPS) is 24.9. The third kappa shape index (κ3) is 3.86. The molecule has 4 heteroatoms. The zero-order valence-electron chi connectivity index (χ0n) is 13.0. The van der Waals surface area contributed by atoms with Gasteiger partial charge < -0.3 is 9.64 Å². The number of amides is 1. The molecule has 2 aliphatic rings. The Morgan fingerprint density at radius 2 is 2.23 bits per heavy atom. The van der Waals surface area contributed by atoms with Crippen molar-refractivity contribution in [1.82, 2.24) is 4.90 Å². The van der Waals surface area contributed by atoms with Crippen molar-refractivity contribution in [2.45, 2.75) is 57.1 Å². The van der Waals surface area contributed by atoms with E-state index in [-0.39, 0.29) is 23.9 Å². The number of carbonyl (C=O) groups is 1. The molecule has 0 aliphatic carbocycles. The third-order valence-electron chi connectivity index (χ3n) is 4.76. The first-order chi connectivity index (χ1) is 10.7. The van der Waals surface area contributed by atoms with Crippen LogP contribution in [0.1, 0.15) is 44.1 Å². The molecule has 0 N–H and O–H groups in total. The fourth-order valence-electron chi connectivity index (χ4n) is 3.61. The zero-order valence-corrected chi connectivity index (χ0v) is 13.0. The molecule has 22 heavy (non-hydrogen) atoms. The molecule has 0 aromatic heterocycles. The summed E-state index contributed by atoms with van der Waals surface area (Å²) < 4.78 is 18.9. The standard InChI is InChI=1S/C18H24FNO2/c19-15-5-1-4-14(12-15)13-16-6-2-10-20(16)18(21)9-8-17-7-3-11-22-17/h1,4-5,12,16-17H,2-3,6-11,13H2. The molecule has 2 aliphatic heterocycles. The second-order valence-corrected chi connectivity index (χ2v) is 6.39. The van der Waals surface area contributed by atoms with Crippen molar-refractivity contribution in [3.63, 3.8) is 0 Å². The molecule has 2 heterocycles. The Hall–Kier alpha value is -1.42. The number of halogens is 1. The molecule has 120 valence electrons. The summed E-state index contributed by atoms with van der Waals surface area (Å²) in [6.45, 7) is 1.68. The number of hydrogen-bond acceptors (Lipinski definition) is 2. The highest BCUT2D eigenvalue weighted by atomic mass is 19.1. The molecule has 0 bridgehead atoms. The van der Waals surface area contributed by atoms with Crippen LogP contribution in [0.4, 0.5) is 4.39 Å². The smallest absolute Gasteiger partial charge is 0.222 e. The quantitative estimate of drug-likeness (QED) is 0.835. The highest BCUT2D eigenvalue weighted by molar-refractivity contribution is 5.76. The van der Waals surface area contributed by atoms with Crippen molar-refractivity contribution in [2.24, 2.45) is 0 Å². The second-order valence-electron chi connectivity index (χ2n) is 6.39. The maximum atomic E-state index is 13.3. The van der Waals surface area contributed by atoms with Gasteiger partial charge in [-0.1, -0.05) is 12.1 Å². The van der Waals surface area contributed by atoms with E-state index in [9.17, 15) is 9.18 Å². The lowest BCUT2D eigenvalue weighted by molar-refractivity contribution is -0.132. The summed E-state index contributed by atoms with van der Waals surface area (Å²) in [5.74, 6) is 0.0289. The minimum Gasteiger partial charge on any atom is -0.378 e. The molecule has 1 aromatic carbocycles. The van der Waals surface area contributed by atoms with Crippen LogP contribution in [0.15, 0.2) is 24.3 Å². The largest absolute Gasteiger partial charge is 0.378 e. The number of carbonyl (C=O) groups excluding carboxylic acids is 1. The number of ether oxygens (including phenoxy) is 1. The van der Waals surface area contributed by atoms with Crippen LogP contribution in [0.5, 0.6) is 0 Å². The van der Waals surface area contributed by atoms with E-state index in [0.29, 0.717) is 6.42 Å². The number of nitrogens with zero attached hydrogens (tertiary/aromatic N) is 1. The topological polar surface area (TPSA) is 29.5 Å². The second kappa shape index (κ2) is 7.23. The third-order valence-corrected chi connectivity index (χ3v) is 4.76. The zero-order chi connectivity index (χ0) is 15.4. The molecular formula is C18H24FNO2. The summed E-state index contributed by atoms with van der Waals surface area (Å²) in [5, 5.41) is 0. The van der Waals surface area contributed by atoms with Crippen LogP contribution >= 0.6 is 0 Å². The predicted molar refractivity (Wildman–Crippen MR) is 83.0 cm³/mol. The van der Waals surface area contributed by atoms with Crippen molar-refractivity contribution >= 4 is 5.91 Å². The van der Waals surface area contributed by atoms with Crippen molar-refractivity contribution < 1.29 is 13.9 Å². The van der Waals surface area contributed by atoms with Gasteiger partial charge in [-0.25, -0.2) is 4.39 Å². The van der Waals surface area contributed by atoms with E-state index in [1.807, 2.05) is 11.0 Å². The highest BCUT2D eigenvalue weighted by Crippen LogP contribution is 2.24. The van der Waals surface area contributed by atoms with Gasteiger partial charge >= 0.3 is 0 Å². The lowest BCUT2D eigenvalue weighted by Gasteiger charge is -2.25. The van der Waals surface area contributed by atoms with Crippen LogP contribution in [-0.2, 0) is 16.0 Å². The molecule has 2 fully saturated rings. The van der Waals surface area contributed by atoms with Crippen LogP contribution in [0.25, 0.3) is 0 Å². The van der Waals surface area contributed by atoms with Crippen LogP contribution < -0.4 is 0 Å². The maximum Gasteiger partial charge on any atom is 0.222 e. The molecule has 0 spiro atoms. The van der Waals surface area contributed by atoms with Gasteiger partial charge in [-0.05, 0) is 56.2 Å². The molecule has 2 unspecified atom stereocenters. The van der Waals surface area contributed by atoms with Gasteiger partial charge in [0.1, 0.15) is 5.82 Å². The van der Waals surface area contributed by atoms with Gasteiger partial charge in [0.25, 0.3) is 0 Å². The van der Waals surface area contributed by atoms with E-state index in [0.717, 1.165) is 57.2 Å². The van der Waals surface area contributed by atoms with Gasteiger partial charge in [0.05, 0.1) is 6.10 Å². The summed E-state index contributed by atoms with van der Waals surface area (Å²) in [4.78, 5) is 14.5. The van der Waals surface area contributed by atoms with E-state index in [1.165, 1.54) is 6.07 Å². The fraction of sp³-hybridized carbons (Fsp3) is 0.611. The molecule has 1 amide bonds. The molecule has 0 radical (unpaired) electrons. The van der Waals surface area contributed by atoms with Gasteiger partial charge in [-0.15, -0.1) is 0 Å². The van der Waals surface area contributed by atoms with Crippen LogP contribution in [0.3, 0.4) is 0 Å². The van der Waals surface area contributed by atoms with Crippen molar-refractivity contribution in [2.75, 3.05) is 13.2 Å². The van der Waals surface area contributed by atoms with E-state index in [4.69, 9.17) is 4.74 Å². The van der Waals surface area contributed by atoms with Gasteiger partial charge in [0.2, 0.25) is 5.91 Å². The van der Waals surface area contributed by atoms with Crippen molar-refractivity contribution in [3.05, 3.63) is 35.6 Å². The Morgan fingerprint density at radius 1 is 1.32 bits per heavy atom. The molecule has 3 rings (SSSR count). The molecular weight excluding hydrogens is 281 g/mol. The van der Waals surface area contributed by atoms with Gasteiger partial charge in [0, 0.05) is 25.6 Å². The number of rotatable bonds is 5. The minimum atomic E-state index is -0.202. The summed E-state index contributed by atoms with van der Waals surface area (Å²) >= 11 is 0. The van der Waals surface area contributed by atoms with E-state index in [1.54, 1.807) is 12.1 Å². The molecule has 0 saturated carbocycles. The van der Waals surface area contributed by atoms with Crippen LogP contribution in [0, 0.1) is 5.82 Å². The van der Waals surface area contributed by atoms with E-state index < -0.39 is 0 Å². The monoisotopic (exact) mass is 305 g/mol. The first-order valence-electron chi connectivity index (χ1n) is 8.38. The Morgan fingerprint density at radius 3 is 3.00 bits per heavy atom. The summed E-state index contributed by atoms with van der Waals surface area (Å²) in [6.07, 6.45) is 6.70. The Labute approximate surface area is 131 Å². The molecule has 2 saturated heterocycles. The van der Waals surface area contributed by atoms with Crippen LogP contribution in [0.2, 0.25) is 0 Å². The highest BCUT2D eigenvalue weighted by Gasteiger charge is 2.29. The fourth-order valence-corrected chi connectivity index (χ4v) is 3.61. The molecule has 1 aromatic rings. The number of hydrogen-bond donors (Lipinski definition) is 0. The Bertz CT molecular complexity index is 514. The first kappa shape index (κ1) is 15.5. The van der Waals surface area contributed by atoms with Gasteiger partial charge in [0.15, 0.2) is 0 Å². The van der Waals surface area contributed by atoms with Crippen LogP contribution in [-0.4, -0.2) is 36.1 Å². The summed E-state index contributed by atoms with van der Waals surface area (Å²) in [7, 11) is 0. The minimum absolute atomic E-state index is 0.202. The number of likely N-dealkylation sites (tertiary alicyclic amines) is 1. The summed E-state index contributed by atoms with van der Waals surface area (Å²) in [5.41, 5.74) is 0.976. The summed E-state index contributed by atoms with van der Waals surface area (Å²) in [6, 6.07) is 6.94. The maximum absolute atomic E-state index is 13.3. The SMILES string of the molecule is O=C(CCC1CCCO1)N1CCCC1Cc1cccc(F)c1. The number of benzene rings is 1. The average Bonchev–Trinajstić information content (AvgIpc) is 3.16. The van der Waals surface area contributed by atoms with E-state index in [2.05, 4.69) is 0 Å². The Balaban J connectivity index is 1.54. The Kier molecular flexibility index (Phi) is 5.08. The average molecular weight is 305 g/mol. The lowest BCUT2D eigenvalue weighted by atomic mass is 10.0. The lowest BCUT2D eigenvalue weighted by Crippen LogP contribution is -2.37. The van der Waals surface area contributed by atoms with Crippen molar-refractivity contribution in [3.8, 4) is 0 Å². The first-order valence-corrected chi connectivity index (χ1v) is 8.38. The van der Waals surface area contributed by atoms with Gasteiger partial charge in [-0.3, -0.25) is 4.79 Å².